The normalized spacial score (nSPS) is 14.4. The first-order valence-electron chi connectivity index (χ1n) is 12.0. The van der Waals surface area contributed by atoms with Crippen LogP contribution in [0.2, 0.25) is 0 Å². The highest BCUT2D eigenvalue weighted by molar-refractivity contribution is 5.77. The fraction of sp³-hybridized carbons (Fsp3) is 0.333. The maximum Gasteiger partial charge on any atom is 0.197 e. The average molecular weight is 493 g/mol. The number of anilines is 3. The zero-order valence-corrected chi connectivity index (χ0v) is 21.1. The van der Waals surface area contributed by atoms with E-state index in [9.17, 15) is 4.79 Å². The first kappa shape index (κ1) is 26.9. The maximum atomic E-state index is 10.4. The van der Waals surface area contributed by atoms with Gasteiger partial charge in [-0.2, -0.15) is 0 Å². The van der Waals surface area contributed by atoms with Crippen molar-refractivity contribution in [1.82, 2.24) is 10.3 Å². The van der Waals surface area contributed by atoms with Gasteiger partial charge >= 0.3 is 0 Å². The minimum absolute atomic E-state index is 0.239. The van der Waals surface area contributed by atoms with Crippen molar-refractivity contribution < 1.29 is 14.6 Å². The topological polar surface area (TPSA) is 125 Å². The number of pyridine rings is 1. The Hall–Kier alpha value is -3.66. The van der Waals surface area contributed by atoms with Crippen LogP contribution in [0.4, 0.5) is 17.2 Å². The quantitative estimate of drug-likeness (QED) is 0.165. The van der Waals surface area contributed by atoms with Gasteiger partial charge in [0.15, 0.2) is 17.8 Å². The van der Waals surface area contributed by atoms with Gasteiger partial charge < -0.3 is 36.4 Å². The smallest absolute Gasteiger partial charge is 0.197 e. The van der Waals surface area contributed by atoms with E-state index in [2.05, 4.69) is 39.1 Å². The zero-order chi connectivity index (χ0) is 25.9. The minimum Gasteiger partial charge on any atom is -0.463 e. The predicted octanol–water partition coefficient (Wildman–Crippen LogP) is 2.99. The fourth-order valence-corrected chi connectivity index (χ4v) is 3.67. The number of aldehydes is 1. The van der Waals surface area contributed by atoms with Crippen LogP contribution in [0.15, 0.2) is 60.8 Å². The predicted molar refractivity (Wildman–Crippen MR) is 145 cm³/mol. The Morgan fingerprint density at radius 1 is 1.19 bits per heavy atom. The van der Waals surface area contributed by atoms with Gasteiger partial charge in [0.1, 0.15) is 12.5 Å². The van der Waals surface area contributed by atoms with Crippen LogP contribution in [-0.2, 0) is 6.42 Å². The van der Waals surface area contributed by atoms with Crippen LogP contribution in [0.5, 0.6) is 5.75 Å². The van der Waals surface area contributed by atoms with E-state index < -0.39 is 6.23 Å². The van der Waals surface area contributed by atoms with Gasteiger partial charge in [0.05, 0.1) is 0 Å². The van der Waals surface area contributed by atoms with Crippen molar-refractivity contribution in [3.63, 3.8) is 0 Å². The van der Waals surface area contributed by atoms with Gasteiger partial charge in [-0.1, -0.05) is 12.1 Å². The van der Waals surface area contributed by atoms with Crippen molar-refractivity contribution in [3.8, 4) is 5.75 Å². The van der Waals surface area contributed by atoms with Crippen molar-refractivity contribution in [1.29, 1.82) is 0 Å². The van der Waals surface area contributed by atoms with Crippen molar-refractivity contribution >= 4 is 23.5 Å². The van der Waals surface area contributed by atoms with E-state index in [0.717, 1.165) is 53.3 Å². The number of carbonyl (C=O) groups is 1. The molecule has 0 fully saturated rings. The van der Waals surface area contributed by atoms with Crippen molar-refractivity contribution in [3.05, 3.63) is 77.5 Å². The molecule has 0 bridgehead atoms. The van der Waals surface area contributed by atoms with Crippen molar-refractivity contribution in [2.24, 2.45) is 5.73 Å². The molecule has 192 valence electrons. The second kappa shape index (κ2) is 13.4. The second-order valence-electron chi connectivity index (χ2n) is 8.67. The summed E-state index contributed by atoms with van der Waals surface area (Å²) in [5, 5.41) is 18.9. The first-order chi connectivity index (χ1) is 17.4. The third-order valence-electron chi connectivity index (χ3n) is 5.62. The largest absolute Gasteiger partial charge is 0.463 e. The standard InChI is InChI=1S/C18H25N5O2.C9H11NO/c1-20-14-10-12(4-7-21-8-5-16(19)24)9-13(11-14)18-23-17-15(25-18)3-2-6-22-17;1-10(2)9-5-3-4-8(6-9)7-11/h2-3,6,9-11,16,18,20-21,24H,4-5,7-8,19H2,1H3,(H,22,23);3-7H,1-2H3. The van der Waals surface area contributed by atoms with E-state index in [0.29, 0.717) is 13.0 Å². The van der Waals surface area contributed by atoms with Crippen LogP contribution in [0.3, 0.4) is 0 Å². The molecule has 1 aliphatic heterocycles. The number of fused-ring (bicyclic) bond motifs is 1. The molecule has 0 aliphatic carbocycles. The van der Waals surface area contributed by atoms with Gasteiger partial charge in [0.2, 0.25) is 0 Å². The fourth-order valence-electron chi connectivity index (χ4n) is 3.67. The summed E-state index contributed by atoms with van der Waals surface area (Å²) in [6.07, 6.45) is 3.03. The summed E-state index contributed by atoms with van der Waals surface area (Å²) in [7, 11) is 5.80. The van der Waals surface area contributed by atoms with E-state index in [-0.39, 0.29) is 6.23 Å². The molecular formula is C27H36N6O3. The summed E-state index contributed by atoms with van der Waals surface area (Å²) < 4.78 is 5.96. The molecule has 2 atom stereocenters. The van der Waals surface area contributed by atoms with E-state index in [1.54, 1.807) is 12.3 Å². The van der Waals surface area contributed by atoms with E-state index in [1.807, 2.05) is 56.4 Å². The van der Waals surface area contributed by atoms with Crippen molar-refractivity contribution in [2.45, 2.75) is 25.3 Å². The molecule has 0 spiro atoms. The Labute approximate surface area is 212 Å². The van der Waals surface area contributed by atoms with Crippen LogP contribution >= 0.6 is 0 Å². The van der Waals surface area contributed by atoms with Crippen LogP contribution in [0, 0.1) is 0 Å². The number of carbonyl (C=O) groups excluding carboxylic acids is 1. The summed E-state index contributed by atoms with van der Waals surface area (Å²) >= 11 is 0. The molecule has 9 heteroatoms. The summed E-state index contributed by atoms with van der Waals surface area (Å²) in [6, 6.07) is 17.6. The molecule has 6 N–H and O–H groups in total. The van der Waals surface area contributed by atoms with Gasteiger partial charge in [-0.15, -0.1) is 0 Å². The summed E-state index contributed by atoms with van der Waals surface area (Å²) in [5.41, 5.74) is 10.4. The summed E-state index contributed by atoms with van der Waals surface area (Å²) in [5.74, 6) is 1.54. The Balaban J connectivity index is 0.000000275. The van der Waals surface area contributed by atoms with E-state index in [1.165, 1.54) is 5.56 Å². The second-order valence-corrected chi connectivity index (χ2v) is 8.67. The van der Waals surface area contributed by atoms with Crippen LogP contribution in [0.1, 0.15) is 34.1 Å². The lowest BCUT2D eigenvalue weighted by Gasteiger charge is -2.15. The van der Waals surface area contributed by atoms with Gasteiger partial charge in [0, 0.05) is 49.8 Å². The van der Waals surface area contributed by atoms with Gasteiger partial charge in [-0.25, -0.2) is 4.98 Å². The number of aliphatic hydroxyl groups is 1. The summed E-state index contributed by atoms with van der Waals surface area (Å²) in [6.45, 7) is 1.52. The van der Waals surface area contributed by atoms with Crippen molar-refractivity contribution in [2.75, 3.05) is 49.8 Å². The number of nitrogens with one attached hydrogen (secondary N) is 3. The number of nitrogens with zero attached hydrogens (tertiary/aromatic N) is 2. The molecule has 3 aromatic rings. The molecule has 2 unspecified atom stereocenters. The molecule has 0 radical (unpaired) electrons. The van der Waals surface area contributed by atoms with E-state index in [4.69, 9.17) is 15.6 Å². The van der Waals surface area contributed by atoms with Gasteiger partial charge in [-0.05, 0) is 74.0 Å². The number of nitrogens with two attached hydrogens (primary N) is 1. The molecule has 0 saturated heterocycles. The highest BCUT2D eigenvalue weighted by atomic mass is 16.5. The Morgan fingerprint density at radius 3 is 2.72 bits per heavy atom. The average Bonchev–Trinajstić information content (AvgIpc) is 3.33. The molecule has 1 aliphatic rings. The molecule has 0 saturated carbocycles. The lowest BCUT2D eigenvalue weighted by Crippen LogP contribution is -2.27. The zero-order valence-electron chi connectivity index (χ0n) is 21.1. The number of aliphatic hydroxyl groups excluding tert-OH is 1. The van der Waals surface area contributed by atoms with Crippen LogP contribution < -0.4 is 31.3 Å². The number of hydrogen-bond acceptors (Lipinski definition) is 9. The molecule has 36 heavy (non-hydrogen) atoms. The maximum absolute atomic E-state index is 10.4. The lowest BCUT2D eigenvalue weighted by molar-refractivity contribution is 0.112. The third kappa shape index (κ3) is 7.94. The monoisotopic (exact) mass is 492 g/mol. The highest BCUT2D eigenvalue weighted by Gasteiger charge is 2.24. The molecule has 9 nitrogen and oxygen atoms in total. The summed E-state index contributed by atoms with van der Waals surface area (Å²) in [4.78, 5) is 16.6. The molecule has 2 aromatic carbocycles. The third-order valence-corrected chi connectivity index (χ3v) is 5.62. The molecule has 1 aromatic heterocycles. The van der Waals surface area contributed by atoms with Crippen LogP contribution in [0.25, 0.3) is 0 Å². The SMILES string of the molecule is CN(C)c1cccc(C=O)c1.CNc1cc(CCNCCC(N)O)cc(C2Nc3ncccc3O2)c1. The number of hydrogen-bond donors (Lipinski definition) is 5. The molecular weight excluding hydrogens is 456 g/mol. The first-order valence-corrected chi connectivity index (χ1v) is 12.0. The number of ether oxygens (including phenoxy) is 1. The minimum atomic E-state index is -0.757. The molecule has 0 amide bonds. The number of benzene rings is 2. The van der Waals surface area contributed by atoms with Gasteiger partial charge in [0.25, 0.3) is 0 Å². The Bertz CT molecular complexity index is 1100. The Kier molecular flexibility index (Phi) is 10.1. The molecule has 2 heterocycles. The van der Waals surface area contributed by atoms with E-state index >= 15 is 0 Å². The van der Waals surface area contributed by atoms with Crippen LogP contribution in [-0.4, -0.2) is 56.8 Å². The number of rotatable bonds is 10. The van der Waals surface area contributed by atoms with Gasteiger partial charge in [-0.3, -0.25) is 4.79 Å². The number of aromatic nitrogens is 1. The molecule has 4 rings (SSSR count). The lowest BCUT2D eigenvalue weighted by atomic mass is 10.1. The Morgan fingerprint density at radius 2 is 2.03 bits per heavy atom. The highest BCUT2D eigenvalue weighted by Crippen LogP contribution is 2.36.